The molecule has 2 heterocycles. The number of rotatable bonds is 7. The third-order valence-electron chi connectivity index (χ3n) is 4.81. The third kappa shape index (κ3) is 5.46. The number of amides is 2. The number of carbonyl (C=O) groups is 2. The second-order valence-electron chi connectivity index (χ2n) is 7.11. The number of thioether (sulfide) groups is 1. The number of carbonyl (C=O) groups excluding carboxylic acids is 2. The first-order chi connectivity index (χ1) is 16.9. The van der Waals surface area contributed by atoms with E-state index in [-0.39, 0.29) is 34.5 Å². The van der Waals surface area contributed by atoms with Crippen molar-refractivity contribution >= 4 is 29.3 Å². The molecule has 0 radical (unpaired) electrons. The Balaban J connectivity index is 1.50. The summed E-state index contributed by atoms with van der Waals surface area (Å²) in [6.07, 6.45) is 3.22. The lowest BCUT2D eigenvalue weighted by Gasteiger charge is -2.09. The van der Waals surface area contributed by atoms with Crippen LogP contribution in [0.1, 0.15) is 21.0 Å². The van der Waals surface area contributed by atoms with E-state index in [9.17, 15) is 18.4 Å². The topological polar surface area (TPSA) is 98.1 Å². The summed E-state index contributed by atoms with van der Waals surface area (Å²) in [6, 6.07) is 14.1. The molecule has 0 saturated heterocycles. The van der Waals surface area contributed by atoms with E-state index < -0.39 is 11.7 Å². The van der Waals surface area contributed by atoms with Crippen molar-refractivity contribution in [1.29, 1.82) is 0 Å². The quantitative estimate of drug-likeness (QED) is 0.362. The van der Waals surface area contributed by atoms with Crippen molar-refractivity contribution in [3.05, 3.63) is 89.9 Å². The molecule has 0 spiro atoms. The smallest absolute Gasteiger partial charge is 0.276 e. The van der Waals surface area contributed by atoms with Crippen LogP contribution < -0.4 is 15.4 Å². The number of nitrogens with one attached hydrogen (secondary N) is 2. The van der Waals surface area contributed by atoms with Gasteiger partial charge in [0.15, 0.2) is 5.69 Å². The van der Waals surface area contributed by atoms with E-state index in [1.807, 2.05) is 6.26 Å². The molecule has 0 aliphatic rings. The van der Waals surface area contributed by atoms with Gasteiger partial charge in [-0.25, -0.2) is 13.5 Å². The Kier molecular flexibility index (Phi) is 7.06. The lowest BCUT2D eigenvalue weighted by Crippen LogP contribution is -2.18. The first-order valence-corrected chi connectivity index (χ1v) is 11.5. The largest absolute Gasteiger partial charge is 0.457 e. The molecule has 178 valence electrons. The molecular weight excluding hydrogens is 476 g/mol. The molecule has 0 bridgehead atoms. The highest BCUT2D eigenvalue weighted by molar-refractivity contribution is 7.98. The van der Waals surface area contributed by atoms with Crippen LogP contribution in [-0.4, -0.2) is 39.9 Å². The Morgan fingerprint density at radius 1 is 0.943 bits per heavy atom. The lowest BCUT2D eigenvalue weighted by molar-refractivity contribution is 0.0957. The number of nitrogens with zero attached hydrogens (tertiary/aromatic N) is 3. The Bertz CT molecular complexity index is 1390. The number of hydrogen-bond acceptors (Lipinski definition) is 6. The van der Waals surface area contributed by atoms with Gasteiger partial charge in [-0.2, -0.15) is 5.10 Å². The van der Waals surface area contributed by atoms with E-state index in [2.05, 4.69) is 20.7 Å². The van der Waals surface area contributed by atoms with Gasteiger partial charge < -0.3 is 15.4 Å². The van der Waals surface area contributed by atoms with Crippen molar-refractivity contribution in [2.75, 3.05) is 18.6 Å². The van der Waals surface area contributed by atoms with Crippen molar-refractivity contribution in [2.45, 2.75) is 5.03 Å². The maximum absolute atomic E-state index is 14.7. The van der Waals surface area contributed by atoms with Gasteiger partial charge in [-0.3, -0.25) is 14.6 Å². The molecule has 0 aliphatic heterocycles. The fourth-order valence-electron chi connectivity index (χ4n) is 3.10. The summed E-state index contributed by atoms with van der Waals surface area (Å²) in [4.78, 5) is 28.4. The fourth-order valence-corrected chi connectivity index (χ4v) is 3.65. The number of pyridine rings is 1. The molecule has 2 aromatic heterocycles. The zero-order valence-electron chi connectivity index (χ0n) is 18.6. The van der Waals surface area contributed by atoms with Gasteiger partial charge in [-0.1, -0.05) is 0 Å². The first-order valence-electron chi connectivity index (χ1n) is 10.2. The van der Waals surface area contributed by atoms with Crippen LogP contribution in [0.4, 0.5) is 14.5 Å². The minimum Gasteiger partial charge on any atom is -0.457 e. The number of anilines is 1. The molecule has 0 atom stereocenters. The average Bonchev–Trinajstić information content (AvgIpc) is 3.30. The molecule has 2 N–H and O–H groups in total. The summed E-state index contributed by atoms with van der Waals surface area (Å²) >= 11 is 1.36. The molecule has 4 rings (SSSR count). The van der Waals surface area contributed by atoms with Gasteiger partial charge in [0, 0.05) is 31.4 Å². The van der Waals surface area contributed by atoms with Gasteiger partial charge in [-0.15, -0.1) is 11.8 Å². The standard InChI is InChI=1S/C24H19F2N5O3S/c1-27-23(32)20-12-17(9-10-28-20)34-16-7-8-19(18(26)11-16)29-24(33)21-13-22(35-2)31(30-21)15-5-3-14(25)4-6-15/h3-13H,1-2H3,(H,27,32)(H,29,33). The molecule has 0 unspecified atom stereocenters. The maximum Gasteiger partial charge on any atom is 0.276 e. The molecule has 8 nitrogen and oxygen atoms in total. The van der Waals surface area contributed by atoms with Gasteiger partial charge >= 0.3 is 0 Å². The van der Waals surface area contributed by atoms with E-state index in [0.717, 1.165) is 6.07 Å². The number of ether oxygens (including phenoxy) is 1. The van der Waals surface area contributed by atoms with Crippen LogP contribution in [0.25, 0.3) is 5.69 Å². The SMILES string of the molecule is CNC(=O)c1cc(Oc2ccc(NC(=O)c3cc(SC)n(-c4ccc(F)cc4)n3)c(F)c2)ccn1. The van der Waals surface area contributed by atoms with Gasteiger partial charge in [0.1, 0.15) is 33.9 Å². The van der Waals surface area contributed by atoms with Crippen molar-refractivity contribution in [1.82, 2.24) is 20.1 Å². The van der Waals surface area contributed by atoms with E-state index in [1.165, 1.54) is 66.1 Å². The molecule has 4 aromatic rings. The van der Waals surface area contributed by atoms with Gasteiger partial charge in [0.25, 0.3) is 11.8 Å². The summed E-state index contributed by atoms with van der Waals surface area (Å²) in [6.45, 7) is 0. The predicted octanol–water partition coefficient (Wildman–Crippen LogP) is 4.67. The molecular formula is C24H19F2N5O3S. The second kappa shape index (κ2) is 10.3. The van der Waals surface area contributed by atoms with Crippen LogP contribution in [-0.2, 0) is 0 Å². The summed E-state index contributed by atoms with van der Waals surface area (Å²) in [5.74, 6) is -1.64. The number of benzene rings is 2. The molecule has 11 heteroatoms. The number of aromatic nitrogens is 3. The average molecular weight is 496 g/mol. The Hall–Kier alpha value is -4.25. The molecule has 2 aromatic carbocycles. The summed E-state index contributed by atoms with van der Waals surface area (Å²) in [5, 5.41) is 9.89. The normalized spacial score (nSPS) is 10.6. The number of halogens is 2. The van der Waals surface area contributed by atoms with Crippen LogP contribution >= 0.6 is 11.8 Å². The zero-order chi connectivity index (χ0) is 24.9. The lowest BCUT2D eigenvalue weighted by atomic mass is 10.2. The van der Waals surface area contributed by atoms with Gasteiger partial charge in [0.05, 0.1) is 11.4 Å². The van der Waals surface area contributed by atoms with E-state index >= 15 is 0 Å². The molecule has 35 heavy (non-hydrogen) atoms. The van der Waals surface area contributed by atoms with Gasteiger partial charge in [-0.05, 0) is 48.7 Å². The second-order valence-corrected chi connectivity index (χ2v) is 7.94. The summed E-state index contributed by atoms with van der Waals surface area (Å²) in [7, 11) is 1.48. The molecule has 0 aliphatic carbocycles. The van der Waals surface area contributed by atoms with Crippen molar-refractivity contribution in [3.63, 3.8) is 0 Å². The minimum atomic E-state index is -0.723. The Morgan fingerprint density at radius 3 is 2.37 bits per heavy atom. The van der Waals surface area contributed by atoms with Crippen LogP contribution in [0, 0.1) is 11.6 Å². The van der Waals surface area contributed by atoms with E-state index in [0.29, 0.717) is 16.5 Å². The van der Waals surface area contributed by atoms with Crippen LogP contribution in [0.15, 0.2) is 71.9 Å². The summed E-state index contributed by atoms with van der Waals surface area (Å²) < 4.78 is 35.1. The minimum absolute atomic E-state index is 0.0647. The monoisotopic (exact) mass is 495 g/mol. The molecule has 2 amide bonds. The fraction of sp³-hybridized carbons (Fsp3) is 0.0833. The number of hydrogen-bond donors (Lipinski definition) is 2. The highest BCUT2D eigenvalue weighted by Gasteiger charge is 2.17. The highest BCUT2D eigenvalue weighted by Crippen LogP contribution is 2.27. The highest BCUT2D eigenvalue weighted by atomic mass is 32.2. The van der Waals surface area contributed by atoms with E-state index in [4.69, 9.17) is 4.74 Å². The van der Waals surface area contributed by atoms with Crippen molar-refractivity contribution < 1.29 is 23.1 Å². The third-order valence-corrected chi connectivity index (χ3v) is 5.51. The summed E-state index contributed by atoms with van der Waals surface area (Å²) in [5.41, 5.74) is 0.735. The van der Waals surface area contributed by atoms with Crippen LogP contribution in [0.5, 0.6) is 11.5 Å². The van der Waals surface area contributed by atoms with E-state index in [1.54, 1.807) is 18.2 Å². The van der Waals surface area contributed by atoms with Crippen molar-refractivity contribution in [2.24, 2.45) is 0 Å². The van der Waals surface area contributed by atoms with Crippen LogP contribution in [0.3, 0.4) is 0 Å². The van der Waals surface area contributed by atoms with Crippen LogP contribution in [0.2, 0.25) is 0 Å². The van der Waals surface area contributed by atoms with Gasteiger partial charge in [0.2, 0.25) is 0 Å². The maximum atomic E-state index is 14.7. The Morgan fingerprint density at radius 2 is 1.69 bits per heavy atom. The first kappa shape index (κ1) is 23.9. The Labute approximate surface area is 203 Å². The molecule has 0 saturated carbocycles. The van der Waals surface area contributed by atoms with Crippen molar-refractivity contribution in [3.8, 4) is 17.2 Å². The molecule has 0 fully saturated rings. The zero-order valence-corrected chi connectivity index (χ0v) is 19.4. The predicted molar refractivity (Wildman–Crippen MR) is 127 cm³/mol.